The largest absolute Gasteiger partial charge is 0.0736 e. The van der Waals surface area contributed by atoms with E-state index in [0.717, 1.165) is 0 Å². The predicted octanol–water partition coefficient (Wildman–Crippen LogP) is 3.17. The lowest BCUT2D eigenvalue weighted by atomic mass is 10.1. The summed E-state index contributed by atoms with van der Waals surface area (Å²) in [7, 11) is 0. The maximum atomic E-state index is 2.28. The number of hydrogen-bond acceptors (Lipinski definition) is 0. The first-order valence-electron chi connectivity index (χ1n) is 4.87. The van der Waals surface area contributed by atoms with Crippen molar-refractivity contribution in [2.45, 2.75) is 6.42 Å². The summed E-state index contributed by atoms with van der Waals surface area (Å²) < 4.78 is 0. The van der Waals surface area contributed by atoms with Gasteiger partial charge >= 0.3 is 0 Å². The Morgan fingerprint density at radius 2 is 1.08 bits per heavy atom. The van der Waals surface area contributed by atoms with E-state index in [2.05, 4.69) is 48.6 Å². The van der Waals surface area contributed by atoms with Gasteiger partial charge in [-0.2, -0.15) is 0 Å². The van der Waals surface area contributed by atoms with Crippen LogP contribution >= 0.6 is 0 Å². The Hall–Kier alpha value is -1.30. The summed E-state index contributed by atoms with van der Waals surface area (Å²) in [5.74, 6) is 1.25. The molecule has 0 fully saturated rings. The molecule has 0 aromatic rings. The molecule has 0 atom stereocenters. The van der Waals surface area contributed by atoms with Crippen LogP contribution in [0.25, 0.3) is 0 Å². The summed E-state index contributed by atoms with van der Waals surface area (Å²) in [5.41, 5.74) is 3.29. The van der Waals surface area contributed by atoms with Crippen LogP contribution in [0.4, 0.5) is 0 Å². The lowest BCUT2D eigenvalue weighted by Gasteiger charge is -1.97. The zero-order valence-electron chi connectivity index (χ0n) is 7.48. The second-order valence-electron chi connectivity index (χ2n) is 3.82. The maximum absolute atomic E-state index is 2.28. The zero-order valence-corrected chi connectivity index (χ0v) is 7.48. The van der Waals surface area contributed by atoms with Gasteiger partial charge in [0.2, 0.25) is 0 Å². The van der Waals surface area contributed by atoms with Crippen molar-refractivity contribution >= 4 is 0 Å². The van der Waals surface area contributed by atoms with Crippen molar-refractivity contribution in [3.8, 4) is 0 Å². The molecule has 0 aliphatic heterocycles. The average molecular weight is 168 g/mol. The number of hydrogen-bond donors (Lipinski definition) is 0. The van der Waals surface area contributed by atoms with Crippen molar-refractivity contribution in [1.29, 1.82) is 0 Å². The topological polar surface area (TPSA) is 0 Å². The van der Waals surface area contributed by atoms with Crippen LogP contribution in [0.5, 0.6) is 0 Å². The third kappa shape index (κ3) is 1.14. The number of allylic oxidation sites excluding steroid dienone is 10. The van der Waals surface area contributed by atoms with Crippen molar-refractivity contribution in [3.05, 3.63) is 59.8 Å². The van der Waals surface area contributed by atoms with Gasteiger partial charge in [0.15, 0.2) is 0 Å². The van der Waals surface area contributed by atoms with Gasteiger partial charge in [0, 0.05) is 11.8 Å². The minimum absolute atomic E-state index is 0.623. The van der Waals surface area contributed by atoms with E-state index in [0.29, 0.717) is 11.8 Å². The van der Waals surface area contributed by atoms with E-state index in [1.807, 2.05) is 0 Å². The first-order chi connectivity index (χ1) is 6.45. The van der Waals surface area contributed by atoms with Gasteiger partial charge < -0.3 is 0 Å². The van der Waals surface area contributed by atoms with Crippen molar-refractivity contribution < 1.29 is 0 Å². The molecular weight excluding hydrogens is 156 g/mol. The van der Waals surface area contributed by atoms with Crippen LogP contribution in [0.15, 0.2) is 59.8 Å². The molecule has 0 aromatic heterocycles. The molecule has 0 radical (unpaired) electrons. The van der Waals surface area contributed by atoms with Crippen molar-refractivity contribution in [2.75, 3.05) is 0 Å². The Morgan fingerprint density at radius 3 is 1.46 bits per heavy atom. The predicted molar refractivity (Wildman–Crippen MR) is 55.2 cm³/mol. The lowest BCUT2D eigenvalue weighted by Crippen LogP contribution is -1.85. The smallest absolute Gasteiger partial charge is 0.0169 e. The second kappa shape index (κ2) is 2.59. The maximum Gasteiger partial charge on any atom is 0.0169 e. The molecule has 0 amide bonds. The first kappa shape index (κ1) is 7.14. The van der Waals surface area contributed by atoms with Crippen molar-refractivity contribution in [1.82, 2.24) is 0 Å². The molecule has 0 N–H and O–H groups in total. The Labute approximate surface area is 78.7 Å². The first-order valence-corrected chi connectivity index (χ1v) is 4.87. The van der Waals surface area contributed by atoms with E-state index < -0.39 is 0 Å². The molecule has 0 bridgehead atoms. The third-order valence-corrected chi connectivity index (χ3v) is 2.97. The Balaban J connectivity index is 1.81. The van der Waals surface area contributed by atoms with Crippen LogP contribution in [0.1, 0.15) is 6.42 Å². The molecule has 3 aliphatic carbocycles. The Kier molecular flexibility index (Phi) is 1.42. The molecule has 0 unspecified atom stereocenters. The number of rotatable bonds is 2. The summed E-state index contributed by atoms with van der Waals surface area (Å²) in [4.78, 5) is 0. The monoisotopic (exact) mass is 168 g/mol. The van der Waals surface area contributed by atoms with E-state index in [9.17, 15) is 0 Å². The summed E-state index contributed by atoms with van der Waals surface area (Å²) in [5, 5.41) is 0. The molecule has 64 valence electrons. The van der Waals surface area contributed by atoms with E-state index in [-0.39, 0.29) is 0 Å². The molecule has 0 heterocycles. The molecular formula is C13H12. The van der Waals surface area contributed by atoms with Gasteiger partial charge in [0.1, 0.15) is 0 Å². The van der Waals surface area contributed by atoms with E-state index >= 15 is 0 Å². The third-order valence-electron chi connectivity index (χ3n) is 2.97. The second-order valence-corrected chi connectivity index (χ2v) is 3.82. The molecule has 13 heavy (non-hydrogen) atoms. The SMILES string of the molecule is C1=CC(C2=C(C3C=CC=C3)C2)C=C1. The van der Waals surface area contributed by atoms with Crippen LogP contribution in [0.3, 0.4) is 0 Å². The van der Waals surface area contributed by atoms with Crippen LogP contribution in [-0.4, -0.2) is 0 Å². The molecule has 0 spiro atoms. The van der Waals surface area contributed by atoms with Crippen molar-refractivity contribution in [2.24, 2.45) is 11.8 Å². The summed E-state index contributed by atoms with van der Waals surface area (Å²) >= 11 is 0. The van der Waals surface area contributed by atoms with Gasteiger partial charge in [-0.05, 0) is 6.42 Å². The molecule has 3 aliphatic rings. The van der Waals surface area contributed by atoms with Gasteiger partial charge in [-0.1, -0.05) is 59.8 Å². The minimum atomic E-state index is 0.623. The minimum Gasteiger partial charge on any atom is -0.0736 e. The van der Waals surface area contributed by atoms with Gasteiger partial charge in [-0.25, -0.2) is 0 Å². The molecule has 0 aromatic carbocycles. The highest BCUT2D eigenvalue weighted by molar-refractivity contribution is 5.49. The zero-order chi connectivity index (χ0) is 8.67. The lowest BCUT2D eigenvalue weighted by molar-refractivity contribution is 1.02. The Morgan fingerprint density at radius 1 is 0.692 bits per heavy atom. The fourth-order valence-corrected chi connectivity index (χ4v) is 2.15. The van der Waals surface area contributed by atoms with E-state index in [1.165, 1.54) is 6.42 Å². The standard InChI is InChI=1S/C13H12/c1-2-6-10(5-1)12-9-13(12)11-7-3-4-8-11/h1-8,10-11H,9H2. The van der Waals surface area contributed by atoms with Crippen LogP contribution in [-0.2, 0) is 0 Å². The van der Waals surface area contributed by atoms with E-state index in [1.54, 1.807) is 11.1 Å². The quantitative estimate of drug-likeness (QED) is 0.555. The fraction of sp³-hybridized carbons (Fsp3) is 0.231. The molecule has 0 saturated heterocycles. The van der Waals surface area contributed by atoms with Gasteiger partial charge in [0.05, 0.1) is 0 Å². The highest BCUT2D eigenvalue weighted by Gasteiger charge is 2.30. The molecule has 0 nitrogen and oxygen atoms in total. The molecule has 0 heteroatoms. The highest BCUT2D eigenvalue weighted by atomic mass is 14.3. The average Bonchev–Trinajstić information content (AvgIpc) is 2.67. The van der Waals surface area contributed by atoms with Crippen LogP contribution in [0.2, 0.25) is 0 Å². The molecule has 0 saturated carbocycles. The van der Waals surface area contributed by atoms with Gasteiger partial charge in [-0.3, -0.25) is 0 Å². The van der Waals surface area contributed by atoms with Crippen LogP contribution in [0, 0.1) is 11.8 Å². The Bertz CT molecular complexity index is 315. The summed E-state index contributed by atoms with van der Waals surface area (Å²) in [6, 6.07) is 0. The van der Waals surface area contributed by atoms with Gasteiger partial charge in [-0.15, -0.1) is 0 Å². The van der Waals surface area contributed by atoms with Crippen molar-refractivity contribution in [3.63, 3.8) is 0 Å². The highest BCUT2D eigenvalue weighted by Crippen LogP contribution is 2.45. The van der Waals surface area contributed by atoms with Gasteiger partial charge in [0.25, 0.3) is 0 Å². The van der Waals surface area contributed by atoms with E-state index in [4.69, 9.17) is 0 Å². The molecule has 3 rings (SSSR count). The summed E-state index contributed by atoms with van der Waals surface area (Å²) in [6.45, 7) is 0. The fourth-order valence-electron chi connectivity index (χ4n) is 2.15. The van der Waals surface area contributed by atoms with Crippen LogP contribution < -0.4 is 0 Å². The summed E-state index contributed by atoms with van der Waals surface area (Å²) in [6.07, 6.45) is 19.0. The normalized spacial score (nSPS) is 25.5.